The molecular weight excluding hydrogens is 198 g/mol. The van der Waals surface area contributed by atoms with Crippen molar-refractivity contribution in [3.05, 3.63) is 0 Å². The summed E-state index contributed by atoms with van der Waals surface area (Å²) in [5, 5.41) is 6.23. The highest BCUT2D eigenvalue weighted by atomic mass is 16.5. The molecule has 0 spiro atoms. The Kier molecular flexibility index (Phi) is 3.17. The first-order chi connectivity index (χ1) is 7.31. The van der Waals surface area contributed by atoms with Gasteiger partial charge in [-0.2, -0.15) is 0 Å². The number of ether oxygens (including phenoxy) is 2. The van der Waals surface area contributed by atoms with E-state index in [4.69, 9.17) is 4.74 Å². The fourth-order valence-electron chi connectivity index (χ4n) is 1.67. The number of carbonyl (C=O) groups excluding carboxylic acids is 1. The van der Waals surface area contributed by atoms with Crippen LogP contribution in [0.2, 0.25) is 0 Å². The normalized spacial score (nSPS) is 30.6. The number of rotatable bonds is 2. The Morgan fingerprint density at radius 1 is 1.67 bits per heavy atom. The van der Waals surface area contributed by atoms with Gasteiger partial charge in [0, 0.05) is 13.1 Å². The summed E-state index contributed by atoms with van der Waals surface area (Å²) in [6.07, 6.45) is -0.0617. The highest BCUT2D eigenvalue weighted by Gasteiger charge is 2.30. The number of aliphatic imine (C=N–C) groups is 1. The first-order valence-electron chi connectivity index (χ1n) is 5.02. The average Bonchev–Trinajstić information content (AvgIpc) is 2.78. The molecule has 1 fully saturated rings. The van der Waals surface area contributed by atoms with Gasteiger partial charge in [-0.3, -0.25) is 4.99 Å². The second-order valence-electron chi connectivity index (χ2n) is 3.51. The molecule has 0 aromatic heterocycles. The Morgan fingerprint density at radius 3 is 3.20 bits per heavy atom. The fourth-order valence-corrected chi connectivity index (χ4v) is 1.67. The molecule has 0 amide bonds. The third kappa shape index (κ3) is 2.27. The number of hydrogen-bond donors (Lipinski definition) is 2. The summed E-state index contributed by atoms with van der Waals surface area (Å²) in [5.74, 6) is 0.468. The smallest absolute Gasteiger partial charge is 0.330 e. The monoisotopic (exact) mass is 213 g/mol. The van der Waals surface area contributed by atoms with Crippen molar-refractivity contribution in [2.24, 2.45) is 4.99 Å². The van der Waals surface area contributed by atoms with E-state index in [1.54, 1.807) is 0 Å². The zero-order chi connectivity index (χ0) is 10.7. The van der Waals surface area contributed by atoms with Crippen LogP contribution in [0.1, 0.15) is 0 Å². The zero-order valence-corrected chi connectivity index (χ0v) is 8.66. The van der Waals surface area contributed by atoms with Crippen molar-refractivity contribution in [1.82, 2.24) is 10.6 Å². The topological polar surface area (TPSA) is 72.0 Å². The second-order valence-corrected chi connectivity index (χ2v) is 3.51. The van der Waals surface area contributed by atoms with Crippen LogP contribution in [0.3, 0.4) is 0 Å². The summed E-state index contributed by atoms with van der Waals surface area (Å²) in [6.45, 7) is 2.71. The maximum atomic E-state index is 11.2. The number of carbonyl (C=O) groups is 1. The predicted octanol–water partition coefficient (Wildman–Crippen LogP) is -1.48. The number of amidine groups is 1. The molecule has 0 aromatic rings. The minimum atomic E-state index is -0.351. The summed E-state index contributed by atoms with van der Waals surface area (Å²) >= 11 is 0. The lowest BCUT2D eigenvalue weighted by Crippen LogP contribution is -2.49. The van der Waals surface area contributed by atoms with Gasteiger partial charge in [0.05, 0.1) is 20.3 Å². The third-order valence-corrected chi connectivity index (χ3v) is 2.48. The molecule has 6 nitrogen and oxygen atoms in total. The van der Waals surface area contributed by atoms with Crippen LogP contribution in [0.25, 0.3) is 0 Å². The van der Waals surface area contributed by atoms with Crippen LogP contribution in [0.15, 0.2) is 4.99 Å². The number of methoxy groups -OCH3 is 1. The SMILES string of the molecule is COC(=O)C1CN=C(C2CNCCO2)N1. The van der Waals surface area contributed by atoms with Gasteiger partial charge >= 0.3 is 5.97 Å². The highest BCUT2D eigenvalue weighted by Crippen LogP contribution is 2.05. The number of hydrogen-bond acceptors (Lipinski definition) is 6. The van der Waals surface area contributed by atoms with Crippen molar-refractivity contribution < 1.29 is 14.3 Å². The van der Waals surface area contributed by atoms with Gasteiger partial charge in [0.25, 0.3) is 0 Å². The predicted molar refractivity (Wildman–Crippen MR) is 53.9 cm³/mol. The summed E-state index contributed by atoms with van der Waals surface area (Å²) in [7, 11) is 1.38. The molecule has 2 atom stereocenters. The molecule has 0 saturated carbocycles. The van der Waals surface area contributed by atoms with Crippen molar-refractivity contribution in [3.8, 4) is 0 Å². The van der Waals surface area contributed by atoms with Gasteiger partial charge in [0.1, 0.15) is 18.0 Å². The molecule has 1 saturated heterocycles. The summed E-state index contributed by atoms with van der Waals surface area (Å²) in [5.41, 5.74) is 0. The standard InChI is InChI=1S/C9H15N3O3/c1-14-9(13)6-4-11-8(12-6)7-5-10-2-3-15-7/h6-7,10H,2-5H2,1H3,(H,11,12). The minimum absolute atomic E-state index is 0.0617. The van der Waals surface area contributed by atoms with E-state index in [0.717, 1.165) is 18.9 Å². The molecule has 2 aliphatic rings. The molecule has 0 aromatic carbocycles. The summed E-state index contributed by atoms with van der Waals surface area (Å²) in [6, 6.07) is -0.351. The number of esters is 1. The number of nitrogens with zero attached hydrogens (tertiary/aromatic N) is 1. The molecule has 0 bridgehead atoms. The molecule has 0 radical (unpaired) electrons. The highest BCUT2D eigenvalue weighted by molar-refractivity contribution is 5.93. The molecule has 2 unspecified atom stereocenters. The molecule has 2 N–H and O–H groups in total. The van der Waals surface area contributed by atoms with E-state index < -0.39 is 0 Å². The Labute approximate surface area is 88.0 Å². The van der Waals surface area contributed by atoms with Crippen molar-refractivity contribution in [2.45, 2.75) is 12.1 Å². The summed E-state index contributed by atoms with van der Waals surface area (Å²) in [4.78, 5) is 15.5. The number of nitrogens with one attached hydrogen (secondary N) is 2. The van der Waals surface area contributed by atoms with E-state index >= 15 is 0 Å². The van der Waals surface area contributed by atoms with Gasteiger partial charge in [0.2, 0.25) is 0 Å². The van der Waals surface area contributed by atoms with Gasteiger partial charge < -0.3 is 20.1 Å². The van der Waals surface area contributed by atoms with E-state index in [2.05, 4.69) is 20.4 Å². The fraction of sp³-hybridized carbons (Fsp3) is 0.778. The zero-order valence-electron chi connectivity index (χ0n) is 8.66. The quantitative estimate of drug-likeness (QED) is 0.547. The average molecular weight is 213 g/mol. The molecule has 2 heterocycles. The molecule has 0 aliphatic carbocycles. The maximum Gasteiger partial charge on any atom is 0.330 e. The van der Waals surface area contributed by atoms with Crippen LogP contribution in [0.5, 0.6) is 0 Å². The van der Waals surface area contributed by atoms with Crippen LogP contribution in [-0.2, 0) is 14.3 Å². The van der Waals surface area contributed by atoms with Crippen molar-refractivity contribution >= 4 is 11.8 Å². The van der Waals surface area contributed by atoms with Gasteiger partial charge in [-0.25, -0.2) is 4.79 Å². The maximum absolute atomic E-state index is 11.2. The summed E-state index contributed by atoms with van der Waals surface area (Å²) < 4.78 is 10.2. The Balaban J connectivity index is 1.88. The molecule has 84 valence electrons. The van der Waals surface area contributed by atoms with Crippen molar-refractivity contribution in [3.63, 3.8) is 0 Å². The molecule has 6 heteroatoms. The Morgan fingerprint density at radius 2 is 2.53 bits per heavy atom. The van der Waals surface area contributed by atoms with E-state index in [9.17, 15) is 4.79 Å². The molecular formula is C9H15N3O3. The van der Waals surface area contributed by atoms with Crippen LogP contribution in [0.4, 0.5) is 0 Å². The minimum Gasteiger partial charge on any atom is -0.467 e. The van der Waals surface area contributed by atoms with Crippen LogP contribution in [-0.4, -0.2) is 57.3 Å². The lowest BCUT2D eigenvalue weighted by atomic mass is 10.2. The van der Waals surface area contributed by atoms with Crippen molar-refractivity contribution in [2.75, 3.05) is 33.4 Å². The lowest BCUT2D eigenvalue weighted by Gasteiger charge is -2.24. The van der Waals surface area contributed by atoms with Crippen molar-refractivity contribution in [1.29, 1.82) is 0 Å². The van der Waals surface area contributed by atoms with Gasteiger partial charge in [0.15, 0.2) is 0 Å². The molecule has 15 heavy (non-hydrogen) atoms. The van der Waals surface area contributed by atoms with E-state index in [0.29, 0.717) is 13.2 Å². The Bertz CT molecular complexity index is 274. The van der Waals surface area contributed by atoms with Gasteiger partial charge in [-0.1, -0.05) is 0 Å². The first-order valence-corrected chi connectivity index (χ1v) is 5.02. The second kappa shape index (κ2) is 4.59. The first kappa shape index (κ1) is 10.4. The molecule has 2 rings (SSSR count). The van der Waals surface area contributed by atoms with Crippen LogP contribution >= 0.6 is 0 Å². The van der Waals surface area contributed by atoms with E-state index in [1.807, 2.05) is 0 Å². The third-order valence-electron chi connectivity index (χ3n) is 2.48. The van der Waals surface area contributed by atoms with Crippen LogP contribution < -0.4 is 10.6 Å². The molecule has 2 aliphatic heterocycles. The lowest BCUT2D eigenvalue weighted by molar-refractivity contribution is -0.142. The van der Waals surface area contributed by atoms with Crippen LogP contribution in [0, 0.1) is 0 Å². The Hall–Kier alpha value is -1.14. The van der Waals surface area contributed by atoms with Gasteiger partial charge in [-0.05, 0) is 0 Å². The van der Waals surface area contributed by atoms with Gasteiger partial charge in [-0.15, -0.1) is 0 Å². The largest absolute Gasteiger partial charge is 0.467 e. The van der Waals surface area contributed by atoms with E-state index in [-0.39, 0.29) is 18.1 Å². The van der Waals surface area contributed by atoms with E-state index in [1.165, 1.54) is 7.11 Å². The number of morpholine rings is 1.